The number of hydrogen-bond acceptors (Lipinski definition) is 7. The molecule has 0 radical (unpaired) electrons. The molecule has 3 amide bonds. The number of nitrogens with one attached hydrogen (secondary N) is 1. The van der Waals surface area contributed by atoms with Crippen LogP contribution in [0.2, 0.25) is 0 Å². The van der Waals surface area contributed by atoms with Crippen molar-refractivity contribution in [2.75, 3.05) is 22.5 Å². The lowest BCUT2D eigenvalue weighted by Gasteiger charge is -2.47. The quantitative estimate of drug-likeness (QED) is 0.186. The zero-order valence-corrected chi connectivity index (χ0v) is 20.4. The molecule has 5 N–H and O–H groups in total. The topological polar surface area (TPSA) is 157 Å². The van der Waals surface area contributed by atoms with Gasteiger partial charge in [0, 0.05) is 29.6 Å². The minimum Gasteiger partial charge on any atom is -0.508 e. The molecule has 2 saturated heterocycles. The first-order valence-corrected chi connectivity index (χ1v) is 12.5. The van der Waals surface area contributed by atoms with Crippen molar-refractivity contribution in [2.24, 2.45) is 5.73 Å². The van der Waals surface area contributed by atoms with E-state index in [2.05, 4.69) is 5.32 Å². The third-order valence-electron chi connectivity index (χ3n) is 6.35. The number of phenolic OH excluding ortho intramolecular Hbond substituents is 1. The van der Waals surface area contributed by atoms with Gasteiger partial charge in [-0.3, -0.25) is 19.3 Å². The molecule has 190 valence electrons. The number of thioether (sulfide) groups is 1. The number of allylic oxidation sites excluding steroid dienone is 1. The Hall–Kier alpha value is -4.16. The van der Waals surface area contributed by atoms with E-state index >= 15 is 0 Å². The minimum absolute atomic E-state index is 0.0126. The van der Waals surface area contributed by atoms with E-state index < -0.39 is 23.3 Å². The van der Waals surface area contributed by atoms with E-state index in [4.69, 9.17) is 5.73 Å². The molecule has 4 heterocycles. The van der Waals surface area contributed by atoms with Crippen LogP contribution in [0.5, 0.6) is 5.75 Å². The van der Waals surface area contributed by atoms with Crippen LogP contribution < -0.4 is 20.5 Å². The van der Waals surface area contributed by atoms with E-state index in [-0.39, 0.29) is 29.8 Å². The summed E-state index contributed by atoms with van der Waals surface area (Å²) in [7, 11) is 0. The van der Waals surface area contributed by atoms with Crippen LogP contribution in [0.25, 0.3) is 0 Å². The number of fused-ring (bicyclic) bond motifs is 1. The molecule has 3 aliphatic heterocycles. The van der Waals surface area contributed by atoms with Crippen molar-refractivity contribution >= 4 is 46.8 Å². The Labute approximate surface area is 215 Å². The van der Waals surface area contributed by atoms with Gasteiger partial charge in [0.25, 0.3) is 11.8 Å². The highest BCUT2D eigenvalue weighted by Crippen LogP contribution is 2.40. The molecular formula is C25H24N5O6S+. The molecule has 2 atom stereocenters. The molecule has 37 heavy (non-hydrogen) atoms. The number of hydrogen-bond donors (Lipinski definition) is 4. The molecule has 5 rings (SSSR count). The number of phenols is 1. The number of pyridine rings is 1. The van der Waals surface area contributed by atoms with Crippen molar-refractivity contribution in [3.63, 3.8) is 0 Å². The summed E-state index contributed by atoms with van der Waals surface area (Å²) in [5.41, 5.74) is 7.69. The monoisotopic (exact) mass is 522 g/mol. The number of nitrogens with two attached hydrogens (primary N) is 1. The fourth-order valence-corrected chi connectivity index (χ4v) is 5.79. The van der Waals surface area contributed by atoms with Crippen LogP contribution in [-0.2, 0) is 25.7 Å². The summed E-state index contributed by atoms with van der Waals surface area (Å²) in [4.78, 5) is 52.5. The van der Waals surface area contributed by atoms with Crippen molar-refractivity contribution in [1.82, 2.24) is 4.90 Å². The third kappa shape index (κ3) is 4.68. The van der Waals surface area contributed by atoms with Crippen molar-refractivity contribution in [3.8, 4) is 5.75 Å². The molecule has 12 heteroatoms. The molecule has 0 saturated carbocycles. The SMILES string of the molecule is N[C@@H]1C(=O)N2C(C(=O)O)=C(C=C3CCN(c4ccc[n+](CC(=O)Nc5ccc(O)cc5)c4)C3=O)CS[C@H]12. The summed E-state index contributed by atoms with van der Waals surface area (Å²) in [5, 5.41) is 21.5. The predicted molar refractivity (Wildman–Crippen MR) is 134 cm³/mol. The number of aliphatic carboxylic acids is 1. The molecule has 0 spiro atoms. The Bertz CT molecular complexity index is 1370. The van der Waals surface area contributed by atoms with Gasteiger partial charge in [-0.05, 0) is 48.4 Å². The molecule has 0 unspecified atom stereocenters. The fourth-order valence-electron chi connectivity index (χ4n) is 4.53. The van der Waals surface area contributed by atoms with Gasteiger partial charge in [0.1, 0.15) is 28.5 Å². The van der Waals surface area contributed by atoms with E-state index in [9.17, 15) is 29.4 Å². The average molecular weight is 523 g/mol. The number of carboxylic acids is 1. The van der Waals surface area contributed by atoms with Gasteiger partial charge in [0.15, 0.2) is 12.4 Å². The van der Waals surface area contributed by atoms with Crippen LogP contribution in [0.1, 0.15) is 6.42 Å². The van der Waals surface area contributed by atoms with E-state index in [1.165, 1.54) is 28.8 Å². The van der Waals surface area contributed by atoms with Gasteiger partial charge < -0.3 is 26.2 Å². The predicted octanol–water partition coefficient (Wildman–Crippen LogP) is 0.563. The normalized spacial score (nSPS) is 22.2. The van der Waals surface area contributed by atoms with Crippen molar-refractivity contribution in [1.29, 1.82) is 0 Å². The van der Waals surface area contributed by atoms with Crippen LogP contribution in [0.4, 0.5) is 11.4 Å². The Kier molecular flexibility index (Phi) is 6.44. The lowest BCUT2D eigenvalue weighted by Crippen LogP contribution is -2.68. The first kappa shape index (κ1) is 24.5. The highest BCUT2D eigenvalue weighted by molar-refractivity contribution is 8.00. The van der Waals surface area contributed by atoms with Gasteiger partial charge in [-0.15, -0.1) is 11.8 Å². The molecule has 0 aliphatic carbocycles. The minimum atomic E-state index is -1.23. The maximum absolute atomic E-state index is 13.2. The zero-order valence-electron chi connectivity index (χ0n) is 19.5. The summed E-state index contributed by atoms with van der Waals surface area (Å²) < 4.78 is 1.65. The number of carboxylic acid groups (broad SMARTS) is 1. The second-order valence-electron chi connectivity index (χ2n) is 8.82. The second kappa shape index (κ2) is 9.71. The third-order valence-corrected chi connectivity index (χ3v) is 7.67. The number of carbonyl (C=O) groups excluding carboxylic acids is 3. The van der Waals surface area contributed by atoms with Crippen molar-refractivity contribution in [3.05, 3.63) is 71.7 Å². The second-order valence-corrected chi connectivity index (χ2v) is 9.93. The van der Waals surface area contributed by atoms with Crippen molar-refractivity contribution < 1.29 is 34.0 Å². The lowest BCUT2D eigenvalue weighted by atomic mass is 10.0. The summed E-state index contributed by atoms with van der Waals surface area (Å²) in [5.74, 6) is -1.77. The van der Waals surface area contributed by atoms with Gasteiger partial charge >= 0.3 is 5.97 Å². The molecule has 2 fully saturated rings. The van der Waals surface area contributed by atoms with Crippen LogP contribution in [0.3, 0.4) is 0 Å². The van der Waals surface area contributed by atoms with E-state index in [0.29, 0.717) is 41.2 Å². The fraction of sp³-hybridized carbons (Fsp3) is 0.240. The molecular weight excluding hydrogens is 498 g/mol. The van der Waals surface area contributed by atoms with Crippen LogP contribution in [-0.4, -0.2) is 62.5 Å². The molecule has 11 nitrogen and oxygen atoms in total. The van der Waals surface area contributed by atoms with E-state index in [1.54, 1.807) is 52.2 Å². The first-order valence-electron chi connectivity index (χ1n) is 11.5. The smallest absolute Gasteiger partial charge is 0.352 e. The number of benzene rings is 1. The molecule has 1 aromatic heterocycles. The van der Waals surface area contributed by atoms with Gasteiger partial charge in [-0.2, -0.15) is 4.57 Å². The molecule has 0 bridgehead atoms. The van der Waals surface area contributed by atoms with Crippen molar-refractivity contribution in [2.45, 2.75) is 24.4 Å². The number of carbonyl (C=O) groups is 4. The lowest BCUT2D eigenvalue weighted by molar-refractivity contribution is -0.683. The average Bonchev–Trinajstić information content (AvgIpc) is 3.24. The number of aromatic hydroxyl groups is 1. The van der Waals surface area contributed by atoms with Crippen LogP contribution in [0.15, 0.2) is 71.7 Å². The Morgan fingerprint density at radius 3 is 2.70 bits per heavy atom. The Morgan fingerprint density at radius 1 is 1.22 bits per heavy atom. The Morgan fingerprint density at radius 2 is 1.97 bits per heavy atom. The largest absolute Gasteiger partial charge is 0.508 e. The summed E-state index contributed by atoms with van der Waals surface area (Å²) in [6, 6.07) is 8.91. The molecule has 1 aromatic carbocycles. The number of amides is 3. The Balaban J connectivity index is 1.31. The standard InChI is InChI=1S/C25H23N5O6S/c26-20-23(34)30-21(25(35)36)15(13-37-24(20)30)10-14-7-9-29(22(14)33)17-2-1-8-28(11-17)12-19(32)27-16-3-5-18(31)6-4-16/h1-6,8,10-11,20,24H,7,9,12-13,26H2,(H2-,27,31,32,35,36)/p+1/t20-,24-/m1/s1. The number of aromatic nitrogens is 1. The maximum atomic E-state index is 13.2. The zero-order chi connectivity index (χ0) is 26.3. The number of rotatable bonds is 6. The van der Waals surface area contributed by atoms with Crippen LogP contribution >= 0.6 is 11.8 Å². The molecule has 3 aliphatic rings. The van der Waals surface area contributed by atoms with E-state index in [0.717, 1.165) is 0 Å². The first-order chi connectivity index (χ1) is 17.7. The maximum Gasteiger partial charge on any atom is 0.352 e. The van der Waals surface area contributed by atoms with E-state index in [1.807, 2.05) is 0 Å². The summed E-state index contributed by atoms with van der Waals surface area (Å²) >= 11 is 1.38. The number of anilines is 2. The van der Waals surface area contributed by atoms with Gasteiger partial charge in [-0.1, -0.05) is 0 Å². The number of nitrogens with zero attached hydrogens (tertiary/aromatic N) is 3. The summed E-state index contributed by atoms with van der Waals surface area (Å²) in [6.45, 7) is 0.409. The highest BCUT2D eigenvalue weighted by atomic mass is 32.2. The van der Waals surface area contributed by atoms with Gasteiger partial charge in [0.05, 0.1) is 0 Å². The van der Waals surface area contributed by atoms with Gasteiger partial charge in [0.2, 0.25) is 12.5 Å². The highest BCUT2D eigenvalue weighted by Gasteiger charge is 2.51. The molecule has 2 aromatic rings. The van der Waals surface area contributed by atoms with Gasteiger partial charge in [-0.25, -0.2) is 4.79 Å². The van der Waals surface area contributed by atoms with Crippen LogP contribution in [0, 0.1) is 0 Å². The number of β-lactam (4-membered cyclic amide) rings is 1. The summed E-state index contributed by atoms with van der Waals surface area (Å²) in [6.07, 6.45) is 5.40.